The quantitative estimate of drug-likeness (QED) is 0.0740. The second-order valence-corrected chi connectivity index (χ2v) is 12.5. The van der Waals surface area contributed by atoms with Crippen LogP contribution in [0.5, 0.6) is 0 Å². The lowest BCUT2D eigenvalue weighted by molar-refractivity contribution is -0.384. The Labute approximate surface area is 249 Å². The van der Waals surface area contributed by atoms with E-state index in [1.807, 2.05) is 46.7 Å². The van der Waals surface area contributed by atoms with Gasteiger partial charge in [0.05, 0.1) is 16.0 Å². The fourth-order valence-corrected chi connectivity index (χ4v) is 6.14. The Morgan fingerprint density at radius 3 is 2.48 bits per heavy atom. The number of aromatic nitrogens is 2. The molecule has 1 amide bonds. The molecule has 0 aliphatic carbocycles. The number of nitro groups is 1. The highest BCUT2D eigenvalue weighted by molar-refractivity contribution is 7.99. The van der Waals surface area contributed by atoms with E-state index in [-0.39, 0.29) is 16.1 Å². The van der Waals surface area contributed by atoms with Crippen LogP contribution >= 0.6 is 11.8 Å². The number of nitrogens with zero attached hydrogens (tertiary/aromatic N) is 3. The summed E-state index contributed by atoms with van der Waals surface area (Å²) in [5, 5.41) is 19.2. The molecule has 0 unspecified atom stereocenters. The molecule has 0 spiro atoms. The number of rotatable bonds is 14. The van der Waals surface area contributed by atoms with Crippen LogP contribution in [0.15, 0.2) is 88.8 Å². The molecule has 0 atom stereocenters. The van der Waals surface area contributed by atoms with Crippen LogP contribution in [-0.2, 0) is 16.6 Å². The molecule has 0 fully saturated rings. The molecule has 0 aliphatic rings. The first-order chi connectivity index (χ1) is 20.2. The Hall–Kier alpha value is -4.16. The number of sulfonamides is 1. The van der Waals surface area contributed by atoms with Crippen molar-refractivity contribution in [1.82, 2.24) is 14.5 Å². The average molecular weight is 608 g/mol. The van der Waals surface area contributed by atoms with Gasteiger partial charge in [-0.2, -0.15) is 5.10 Å². The number of carbonyl (C=O) groups is 1. The van der Waals surface area contributed by atoms with Gasteiger partial charge in [-0.15, -0.1) is 11.8 Å². The zero-order valence-corrected chi connectivity index (χ0v) is 25.1. The Balaban J connectivity index is 1.41. The molecule has 12 heteroatoms. The summed E-state index contributed by atoms with van der Waals surface area (Å²) in [6.07, 6.45) is 5.08. The number of nitro benzene ring substituents is 1. The van der Waals surface area contributed by atoms with Crippen LogP contribution in [0.4, 0.5) is 11.4 Å². The van der Waals surface area contributed by atoms with E-state index >= 15 is 0 Å². The molecule has 0 saturated carbocycles. The predicted octanol–water partition coefficient (Wildman–Crippen LogP) is 6.28. The van der Waals surface area contributed by atoms with Crippen molar-refractivity contribution in [2.45, 2.75) is 49.4 Å². The largest absolute Gasteiger partial charge is 0.379 e. The highest BCUT2D eigenvalue weighted by atomic mass is 32.2. The Kier molecular flexibility index (Phi) is 10.4. The minimum absolute atomic E-state index is 0.138. The van der Waals surface area contributed by atoms with Gasteiger partial charge in [-0.25, -0.2) is 13.1 Å². The van der Waals surface area contributed by atoms with Crippen molar-refractivity contribution in [2.75, 3.05) is 17.6 Å². The third-order valence-corrected chi connectivity index (χ3v) is 9.01. The van der Waals surface area contributed by atoms with Crippen LogP contribution < -0.4 is 10.0 Å². The van der Waals surface area contributed by atoms with Crippen LogP contribution in [0.2, 0.25) is 0 Å². The van der Waals surface area contributed by atoms with E-state index in [0.29, 0.717) is 12.3 Å². The molecule has 1 aromatic heterocycles. The minimum atomic E-state index is -4.37. The molecule has 220 valence electrons. The smallest absolute Gasteiger partial charge is 0.293 e. The fourth-order valence-electron chi connectivity index (χ4n) is 4.36. The van der Waals surface area contributed by atoms with Gasteiger partial charge in [0.15, 0.2) is 0 Å². The fraction of sp³-hybridized carbons (Fsp3) is 0.267. The summed E-state index contributed by atoms with van der Waals surface area (Å²) < 4.78 is 29.9. The first kappa shape index (κ1) is 30.8. The molecule has 3 aromatic carbocycles. The molecule has 2 N–H and O–H groups in total. The van der Waals surface area contributed by atoms with Crippen molar-refractivity contribution in [3.63, 3.8) is 0 Å². The van der Waals surface area contributed by atoms with Crippen molar-refractivity contribution in [1.29, 1.82) is 0 Å². The average Bonchev–Trinajstić information content (AvgIpc) is 3.35. The summed E-state index contributed by atoms with van der Waals surface area (Å²) in [6.45, 7) is 5.40. The summed E-state index contributed by atoms with van der Waals surface area (Å²) in [7, 11) is -4.37. The molecule has 0 radical (unpaired) electrons. The molecule has 4 rings (SSSR count). The monoisotopic (exact) mass is 607 g/mol. The van der Waals surface area contributed by atoms with Gasteiger partial charge < -0.3 is 5.32 Å². The van der Waals surface area contributed by atoms with Gasteiger partial charge >= 0.3 is 0 Å². The number of carbonyl (C=O) groups excluding carboxylic acids is 1. The number of amides is 1. The molecular formula is C30H33N5O5S2. The number of thioether (sulfide) groups is 1. The topological polar surface area (TPSA) is 136 Å². The first-order valence-corrected chi connectivity index (χ1v) is 16.1. The van der Waals surface area contributed by atoms with Gasteiger partial charge in [0.25, 0.3) is 21.6 Å². The minimum Gasteiger partial charge on any atom is -0.379 e. The molecule has 0 bridgehead atoms. The lowest BCUT2D eigenvalue weighted by Crippen LogP contribution is -2.30. The zero-order chi connectivity index (χ0) is 30.1. The van der Waals surface area contributed by atoms with Crippen LogP contribution in [-0.4, -0.2) is 41.3 Å². The maximum absolute atomic E-state index is 13.0. The van der Waals surface area contributed by atoms with E-state index in [0.717, 1.165) is 53.6 Å². The van der Waals surface area contributed by atoms with Crippen LogP contribution in [0.1, 0.15) is 42.2 Å². The number of benzene rings is 3. The van der Waals surface area contributed by atoms with Gasteiger partial charge in [-0.3, -0.25) is 19.6 Å². The SMILES string of the molecule is CCCCCn1ncc(-c2ccc(C(=O)NS(=O)(=O)c3ccc(NCCSc4ccccc4)c([N+](=O)[O-])c3)cc2)c1C. The summed E-state index contributed by atoms with van der Waals surface area (Å²) in [5.74, 6) is -0.187. The predicted molar refractivity (Wildman–Crippen MR) is 165 cm³/mol. The third kappa shape index (κ3) is 7.77. The molecule has 0 aliphatic heterocycles. The van der Waals surface area contributed by atoms with Gasteiger partial charge in [0.2, 0.25) is 0 Å². The third-order valence-electron chi connectivity index (χ3n) is 6.67. The lowest BCUT2D eigenvalue weighted by Gasteiger charge is -2.11. The van der Waals surface area contributed by atoms with E-state index in [1.165, 1.54) is 24.3 Å². The van der Waals surface area contributed by atoms with Crippen LogP contribution in [0, 0.1) is 17.0 Å². The van der Waals surface area contributed by atoms with Crippen molar-refractivity contribution >= 4 is 39.1 Å². The molecular weight excluding hydrogens is 574 g/mol. The number of hydrogen-bond donors (Lipinski definition) is 2. The van der Waals surface area contributed by atoms with Crippen molar-refractivity contribution in [3.05, 3.63) is 100 Å². The van der Waals surface area contributed by atoms with E-state index in [9.17, 15) is 23.3 Å². The summed E-state index contributed by atoms with van der Waals surface area (Å²) in [5.41, 5.74) is 2.74. The van der Waals surface area contributed by atoms with E-state index in [1.54, 1.807) is 30.1 Å². The number of unbranched alkanes of at least 4 members (excludes halogenated alkanes) is 2. The molecule has 1 heterocycles. The van der Waals surface area contributed by atoms with Gasteiger partial charge in [-0.1, -0.05) is 50.1 Å². The van der Waals surface area contributed by atoms with Gasteiger partial charge in [0, 0.05) is 46.6 Å². The van der Waals surface area contributed by atoms with E-state index < -0.39 is 26.5 Å². The first-order valence-electron chi connectivity index (χ1n) is 13.6. The Bertz CT molecular complexity index is 1640. The van der Waals surface area contributed by atoms with Crippen molar-refractivity contribution in [2.24, 2.45) is 0 Å². The summed E-state index contributed by atoms with van der Waals surface area (Å²) >= 11 is 1.59. The number of anilines is 1. The van der Waals surface area contributed by atoms with Gasteiger partial charge in [0.1, 0.15) is 5.69 Å². The van der Waals surface area contributed by atoms with E-state index in [2.05, 4.69) is 17.3 Å². The maximum Gasteiger partial charge on any atom is 0.293 e. The Morgan fingerprint density at radius 2 is 1.79 bits per heavy atom. The van der Waals surface area contributed by atoms with Crippen molar-refractivity contribution in [3.8, 4) is 11.1 Å². The molecule has 0 saturated heterocycles. The van der Waals surface area contributed by atoms with Crippen molar-refractivity contribution < 1.29 is 18.1 Å². The van der Waals surface area contributed by atoms with Crippen LogP contribution in [0.25, 0.3) is 11.1 Å². The maximum atomic E-state index is 13.0. The normalized spacial score (nSPS) is 11.3. The number of aryl methyl sites for hydroxylation is 1. The summed E-state index contributed by atoms with van der Waals surface area (Å²) in [4.78, 5) is 24.6. The highest BCUT2D eigenvalue weighted by Gasteiger charge is 2.24. The molecule has 42 heavy (non-hydrogen) atoms. The highest BCUT2D eigenvalue weighted by Crippen LogP contribution is 2.28. The standard InChI is InChI=1S/C30H33N5O5S2/c1-3-4-8-18-34-22(2)27(21-32-34)23-11-13-24(14-12-23)30(36)33-42(39,40)26-15-16-28(29(20-26)35(37)38)31-17-19-41-25-9-6-5-7-10-25/h5-7,9-16,20-21,31H,3-4,8,17-19H2,1-2H3,(H,33,36). The second-order valence-electron chi connectivity index (χ2n) is 9.61. The zero-order valence-electron chi connectivity index (χ0n) is 23.4. The summed E-state index contributed by atoms with van der Waals surface area (Å²) in [6, 6.07) is 19.8. The second kappa shape index (κ2) is 14.1. The number of nitrogens with one attached hydrogen (secondary N) is 2. The van der Waals surface area contributed by atoms with Gasteiger partial charge in [-0.05, 0) is 55.3 Å². The molecule has 4 aromatic rings. The number of hydrogen-bond acceptors (Lipinski definition) is 8. The van der Waals surface area contributed by atoms with Crippen LogP contribution in [0.3, 0.4) is 0 Å². The Morgan fingerprint density at radius 1 is 1.05 bits per heavy atom. The molecule has 10 nitrogen and oxygen atoms in total. The lowest BCUT2D eigenvalue weighted by atomic mass is 10.0. The van der Waals surface area contributed by atoms with E-state index in [4.69, 9.17) is 0 Å².